The molecule has 62 heavy (non-hydrogen) atoms. The highest BCUT2D eigenvalue weighted by atomic mass is 28.3. The molecule has 0 saturated heterocycles. The maximum absolute atomic E-state index is 2.61. The van der Waals surface area contributed by atoms with Crippen molar-refractivity contribution < 1.29 is 0 Å². The Morgan fingerprint density at radius 1 is 0.339 bits per heavy atom. The monoisotopic (exact) mass is 809 g/mol. The number of anilines is 3. The summed E-state index contributed by atoms with van der Waals surface area (Å²) in [6.07, 6.45) is 0. The minimum atomic E-state index is -2.61. The summed E-state index contributed by atoms with van der Waals surface area (Å²) in [7, 11) is -2.61. The average molecular weight is 810 g/mol. The van der Waals surface area contributed by atoms with Crippen LogP contribution in [0.15, 0.2) is 212 Å². The van der Waals surface area contributed by atoms with Crippen molar-refractivity contribution in [2.75, 3.05) is 4.90 Å². The molecule has 0 N–H and O–H groups in total. The predicted molar refractivity (Wildman–Crippen MR) is 264 cm³/mol. The second-order valence-electron chi connectivity index (χ2n) is 18.4. The zero-order valence-corrected chi connectivity index (χ0v) is 36.7. The van der Waals surface area contributed by atoms with Gasteiger partial charge < -0.3 is 4.90 Å². The summed E-state index contributed by atoms with van der Waals surface area (Å²) in [5.41, 5.74) is 19.3. The summed E-state index contributed by atoms with van der Waals surface area (Å²) in [6, 6.07) is 80.4. The van der Waals surface area contributed by atoms with Gasteiger partial charge in [0.15, 0.2) is 8.07 Å². The van der Waals surface area contributed by atoms with Crippen molar-refractivity contribution >= 4 is 45.9 Å². The summed E-state index contributed by atoms with van der Waals surface area (Å²) in [4.78, 5) is 2.51. The molecule has 0 spiro atoms. The Balaban J connectivity index is 1.02. The number of nitrogens with zero attached hydrogens (tertiary/aromatic N) is 1. The largest absolute Gasteiger partial charge is 0.310 e. The molecule has 0 saturated carbocycles. The molecule has 0 unspecified atom stereocenters. The van der Waals surface area contributed by atoms with Crippen molar-refractivity contribution in [2.45, 2.75) is 38.5 Å². The van der Waals surface area contributed by atoms with Crippen molar-refractivity contribution in [3.05, 3.63) is 235 Å². The third-order valence-corrected chi connectivity index (χ3v) is 19.4. The molecule has 9 aromatic carbocycles. The van der Waals surface area contributed by atoms with Gasteiger partial charge in [0.05, 0.1) is 5.69 Å². The summed E-state index contributed by atoms with van der Waals surface area (Å²) in [6.45, 7) is 9.50. The quantitative estimate of drug-likeness (QED) is 0.151. The van der Waals surface area contributed by atoms with Gasteiger partial charge in [-0.05, 0) is 112 Å². The first-order chi connectivity index (χ1) is 30.3. The van der Waals surface area contributed by atoms with Gasteiger partial charge in [-0.15, -0.1) is 0 Å². The molecule has 1 nitrogen and oxygen atoms in total. The van der Waals surface area contributed by atoms with Gasteiger partial charge >= 0.3 is 0 Å². The van der Waals surface area contributed by atoms with Crippen molar-refractivity contribution in [3.63, 3.8) is 0 Å². The first-order valence-corrected chi connectivity index (χ1v) is 24.0. The first-order valence-electron chi connectivity index (χ1n) is 22.0. The molecule has 0 radical (unpaired) electrons. The molecular formula is C60H47NSi. The molecule has 0 fully saturated rings. The van der Waals surface area contributed by atoms with Crippen molar-refractivity contribution in [2.24, 2.45) is 0 Å². The van der Waals surface area contributed by atoms with E-state index in [-0.39, 0.29) is 10.8 Å². The Morgan fingerprint density at radius 2 is 0.855 bits per heavy atom. The molecule has 1 heterocycles. The van der Waals surface area contributed by atoms with Crippen LogP contribution in [-0.2, 0) is 10.8 Å². The highest BCUT2D eigenvalue weighted by Gasteiger charge is 2.48. The highest BCUT2D eigenvalue weighted by Crippen LogP contribution is 2.55. The van der Waals surface area contributed by atoms with Crippen LogP contribution in [0.1, 0.15) is 49.9 Å². The Bertz CT molecular complexity index is 3200. The topological polar surface area (TPSA) is 3.24 Å². The van der Waals surface area contributed by atoms with E-state index in [1.54, 1.807) is 0 Å². The standard InChI is InChI=1S/C60H47NSi/c1-59(2)52-27-13-9-25-50(52)58-53(59)28-17-29-55(58)61(43-36-37-47-46-22-8-12-26-51(46)60(3,4)54(47)39-43)42-34-32-40(33-35-42)41-18-16-21-45(38-41)62(44-19-6-5-7-20-44)56-30-14-10-23-48(56)49-24-11-15-31-57(49)62/h5-39H,1-4H3. The molecule has 0 aromatic heterocycles. The molecule has 2 heteroatoms. The normalized spacial score (nSPS) is 15.2. The molecular weight excluding hydrogens is 763 g/mol. The number of benzene rings is 9. The Labute approximate surface area is 366 Å². The molecule has 0 amide bonds. The van der Waals surface area contributed by atoms with Crippen molar-refractivity contribution in [1.29, 1.82) is 0 Å². The molecule has 0 bridgehead atoms. The van der Waals surface area contributed by atoms with Crippen LogP contribution in [0.4, 0.5) is 17.1 Å². The van der Waals surface area contributed by atoms with Crippen LogP contribution in [0, 0.1) is 0 Å². The Morgan fingerprint density at radius 3 is 1.56 bits per heavy atom. The van der Waals surface area contributed by atoms with E-state index in [0.717, 1.165) is 5.69 Å². The fourth-order valence-corrected chi connectivity index (χ4v) is 16.8. The minimum absolute atomic E-state index is 0.106. The molecule has 9 aromatic rings. The molecule has 296 valence electrons. The van der Waals surface area contributed by atoms with Gasteiger partial charge in [0.2, 0.25) is 0 Å². The van der Waals surface area contributed by atoms with E-state index in [1.807, 2.05) is 0 Å². The summed E-state index contributed by atoms with van der Waals surface area (Å²) in [5, 5.41) is 5.76. The van der Waals surface area contributed by atoms with Gasteiger partial charge in [0.1, 0.15) is 0 Å². The van der Waals surface area contributed by atoms with E-state index >= 15 is 0 Å². The molecule has 2 aliphatic carbocycles. The fraction of sp³-hybridized carbons (Fsp3) is 0.100. The van der Waals surface area contributed by atoms with E-state index in [2.05, 4.69) is 245 Å². The van der Waals surface area contributed by atoms with Gasteiger partial charge in [-0.25, -0.2) is 0 Å². The Hall–Kier alpha value is -7.00. The number of fused-ring (bicyclic) bond motifs is 9. The van der Waals surface area contributed by atoms with E-state index in [4.69, 9.17) is 0 Å². The van der Waals surface area contributed by atoms with Crippen LogP contribution in [0.25, 0.3) is 44.5 Å². The van der Waals surface area contributed by atoms with Gasteiger partial charge in [0.25, 0.3) is 0 Å². The molecule has 0 atom stereocenters. The predicted octanol–water partition coefficient (Wildman–Crippen LogP) is 12.8. The first kappa shape index (κ1) is 36.8. The maximum Gasteiger partial charge on any atom is 0.180 e. The second-order valence-corrected chi connectivity index (χ2v) is 22.2. The third-order valence-electron chi connectivity index (χ3n) is 14.6. The number of rotatable bonds is 6. The van der Waals surface area contributed by atoms with Crippen LogP contribution >= 0.6 is 0 Å². The van der Waals surface area contributed by atoms with Crippen molar-refractivity contribution in [1.82, 2.24) is 0 Å². The Kier molecular flexibility index (Phi) is 8.02. The maximum atomic E-state index is 2.51. The zero-order chi connectivity index (χ0) is 41.8. The van der Waals surface area contributed by atoms with E-state index in [1.165, 1.54) is 98.9 Å². The highest BCUT2D eigenvalue weighted by molar-refractivity contribution is 7.22. The van der Waals surface area contributed by atoms with E-state index in [0.29, 0.717) is 0 Å². The molecule has 3 aliphatic rings. The van der Waals surface area contributed by atoms with Gasteiger partial charge in [-0.3, -0.25) is 0 Å². The SMILES string of the molecule is CC1(C)c2ccccc2-c2ccc(N(c3ccc(-c4cccc([Si]5(c6ccccc6)c6ccccc6-c6ccccc65)c4)cc3)c3cccc4c3-c3ccccc3C4(C)C)cc21. The average Bonchev–Trinajstić information content (AvgIpc) is 3.85. The van der Waals surface area contributed by atoms with Gasteiger partial charge in [-0.1, -0.05) is 210 Å². The minimum Gasteiger partial charge on any atom is -0.310 e. The summed E-state index contributed by atoms with van der Waals surface area (Å²) < 4.78 is 0. The lowest BCUT2D eigenvalue weighted by atomic mass is 9.82. The van der Waals surface area contributed by atoms with Crippen LogP contribution in [-0.4, -0.2) is 8.07 Å². The van der Waals surface area contributed by atoms with Crippen LogP contribution < -0.4 is 25.6 Å². The smallest absolute Gasteiger partial charge is 0.180 e. The number of hydrogen-bond donors (Lipinski definition) is 0. The molecule has 12 rings (SSSR count). The van der Waals surface area contributed by atoms with Crippen LogP contribution in [0.2, 0.25) is 0 Å². The van der Waals surface area contributed by atoms with Crippen LogP contribution in [0.5, 0.6) is 0 Å². The molecule has 1 aliphatic heterocycles. The van der Waals surface area contributed by atoms with Crippen molar-refractivity contribution in [3.8, 4) is 44.5 Å². The number of hydrogen-bond acceptors (Lipinski definition) is 1. The third kappa shape index (κ3) is 5.08. The van der Waals surface area contributed by atoms with Gasteiger partial charge in [0, 0.05) is 27.8 Å². The van der Waals surface area contributed by atoms with Gasteiger partial charge in [-0.2, -0.15) is 0 Å². The van der Waals surface area contributed by atoms with E-state index in [9.17, 15) is 0 Å². The summed E-state index contributed by atoms with van der Waals surface area (Å²) in [5.74, 6) is 0. The second kappa shape index (κ2) is 13.5. The lowest BCUT2D eigenvalue weighted by Gasteiger charge is -2.31. The lowest BCUT2D eigenvalue weighted by molar-refractivity contribution is 0.660. The fourth-order valence-electron chi connectivity index (χ4n) is 11.6. The van der Waals surface area contributed by atoms with E-state index < -0.39 is 8.07 Å². The lowest BCUT2D eigenvalue weighted by Crippen LogP contribution is -2.72. The summed E-state index contributed by atoms with van der Waals surface area (Å²) >= 11 is 0. The zero-order valence-electron chi connectivity index (χ0n) is 35.7. The van der Waals surface area contributed by atoms with Crippen LogP contribution in [0.3, 0.4) is 0 Å².